The second-order valence-electron chi connectivity index (χ2n) is 7.71. The van der Waals surface area contributed by atoms with Crippen molar-refractivity contribution in [1.29, 1.82) is 0 Å². The zero-order valence-corrected chi connectivity index (χ0v) is 16.7. The smallest absolute Gasteiger partial charge is 0.494 e. The van der Waals surface area contributed by atoms with Crippen LogP contribution in [-0.4, -0.2) is 31.4 Å². The summed E-state index contributed by atoms with van der Waals surface area (Å²) in [6, 6.07) is 12.6. The number of rotatable bonds is 4. The maximum Gasteiger partial charge on any atom is 0.494 e. The monoisotopic (exact) mass is 368 g/mol. The molecule has 0 amide bonds. The molecule has 1 heterocycles. The first-order valence-electron chi connectivity index (χ1n) is 8.96. The molecule has 0 aromatic heterocycles. The Hall–Kier alpha value is -2.31. The van der Waals surface area contributed by atoms with E-state index >= 15 is 0 Å². The molecule has 142 valence electrons. The SMILES string of the molecule is COc1cc(B2OC(C)(C)C(C)(C)O2)cc(C)c1C(=O)Oc1ccccc1. The summed E-state index contributed by atoms with van der Waals surface area (Å²) in [6.07, 6.45) is 0. The Morgan fingerprint density at radius 3 is 2.15 bits per heavy atom. The van der Waals surface area contributed by atoms with E-state index in [1.54, 1.807) is 18.2 Å². The highest BCUT2D eigenvalue weighted by Gasteiger charge is 2.52. The first kappa shape index (κ1) is 19.5. The molecule has 0 N–H and O–H groups in total. The summed E-state index contributed by atoms with van der Waals surface area (Å²) in [7, 11) is 1.00. The van der Waals surface area contributed by atoms with Gasteiger partial charge in [-0.3, -0.25) is 0 Å². The lowest BCUT2D eigenvalue weighted by atomic mass is 9.77. The molecule has 0 unspecified atom stereocenters. The second-order valence-corrected chi connectivity index (χ2v) is 7.71. The van der Waals surface area contributed by atoms with E-state index in [1.165, 1.54) is 7.11 Å². The molecular weight excluding hydrogens is 343 g/mol. The summed E-state index contributed by atoms with van der Waals surface area (Å²) in [5, 5.41) is 0. The maximum atomic E-state index is 12.7. The fourth-order valence-corrected chi connectivity index (χ4v) is 2.97. The minimum absolute atomic E-state index is 0.390. The second kappa shape index (κ2) is 7.02. The fourth-order valence-electron chi connectivity index (χ4n) is 2.97. The van der Waals surface area contributed by atoms with Crippen molar-refractivity contribution in [2.45, 2.75) is 45.8 Å². The minimum Gasteiger partial charge on any atom is -0.496 e. The molecule has 3 rings (SSSR count). The lowest BCUT2D eigenvalue weighted by Gasteiger charge is -2.32. The van der Waals surface area contributed by atoms with E-state index in [0.717, 1.165) is 11.0 Å². The molecule has 2 aromatic carbocycles. The van der Waals surface area contributed by atoms with E-state index < -0.39 is 24.3 Å². The predicted octanol–water partition coefficient (Wildman–Crippen LogP) is 3.52. The van der Waals surface area contributed by atoms with Gasteiger partial charge in [-0.25, -0.2) is 4.79 Å². The van der Waals surface area contributed by atoms with Crippen molar-refractivity contribution in [3.8, 4) is 11.5 Å². The largest absolute Gasteiger partial charge is 0.496 e. The van der Waals surface area contributed by atoms with Crippen molar-refractivity contribution in [2.24, 2.45) is 0 Å². The van der Waals surface area contributed by atoms with Gasteiger partial charge in [-0.2, -0.15) is 0 Å². The highest BCUT2D eigenvalue weighted by atomic mass is 16.7. The third-order valence-corrected chi connectivity index (χ3v) is 5.22. The number of hydrogen-bond acceptors (Lipinski definition) is 5. The quantitative estimate of drug-likeness (QED) is 0.470. The molecule has 0 aliphatic carbocycles. The van der Waals surface area contributed by atoms with Crippen LogP contribution in [0.25, 0.3) is 0 Å². The molecule has 27 heavy (non-hydrogen) atoms. The maximum absolute atomic E-state index is 12.7. The molecule has 0 saturated carbocycles. The number of ether oxygens (including phenoxy) is 2. The van der Waals surface area contributed by atoms with Crippen LogP contribution in [-0.2, 0) is 9.31 Å². The van der Waals surface area contributed by atoms with Crippen molar-refractivity contribution in [1.82, 2.24) is 0 Å². The van der Waals surface area contributed by atoms with Crippen LogP contribution in [0.15, 0.2) is 42.5 Å². The van der Waals surface area contributed by atoms with Crippen LogP contribution < -0.4 is 14.9 Å². The first-order chi connectivity index (χ1) is 12.6. The molecule has 1 saturated heterocycles. The zero-order chi connectivity index (χ0) is 19.8. The Labute approximate surface area is 160 Å². The normalized spacial score (nSPS) is 17.6. The van der Waals surface area contributed by atoms with Crippen LogP contribution in [0.2, 0.25) is 0 Å². The molecular formula is C21H25BO5. The lowest BCUT2D eigenvalue weighted by molar-refractivity contribution is 0.00578. The van der Waals surface area contributed by atoms with E-state index in [0.29, 0.717) is 17.1 Å². The van der Waals surface area contributed by atoms with Gasteiger partial charge in [0.25, 0.3) is 0 Å². The molecule has 5 nitrogen and oxygen atoms in total. The van der Waals surface area contributed by atoms with E-state index in [4.69, 9.17) is 18.8 Å². The van der Waals surface area contributed by atoms with Gasteiger partial charge < -0.3 is 18.8 Å². The summed E-state index contributed by atoms with van der Waals surface area (Å²) < 4.78 is 23.2. The summed E-state index contributed by atoms with van der Waals surface area (Å²) in [6.45, 7) is 9.86. The molecule has 0 bridgehead atoms. The number of para-hydroxylation sites is 1. The van der Waals surface area contributed by atoms with Crippen LogP contribution in [0.5, 0.6) is 11.5 Å². The number of aryl methyl sites for hydroxylation is 1. The Bertz CT molecular complexity index is 829. The van der Waals surface area contributed by atoms with E-state index in [2.05, 4.69) is 0 Å². The average molecular weight is 368 g/mol. The highest BCUT2D eigenvalue weighted by molar-refractivity contribution is 6.62. The van der Waals surface area contributed by atoms with Crippen molar-refractivity contribution in [2.75, 3.05) is 7.11 Å². The van der Waals surface area contributed by atoms with Crippen LogP contribution in [0, 0.1) is 6.92 Å². The van der Waals surface area contributed by atoms with Gasteiger partial charge in [-0.1, -0.05) is 24.3 Å². The van der Waals surface area contributed by atoms with Crippen LogP contribution in [0.4, 0.5) is 0 Å². The lowest BCUT2D eigenvalue weighted by Crippen LogP contribution is -2.41. The van der Waals surface area contributed by atoms with Crippen LogP contribution in [0.1, 0.15) is 43.6 Å². The third kappa shape index (κ3) is 3.73. The topological polar surface area (TPSA) is 54.0 Å². The van der Waals surface area contributed by atoms with Gasteiger partial charge in [-0.15, -0.1) is 0 Å². The van der Waals surface area contributed by atoms with Gasteiger partial charge in [0.05, 0.1) is 18.3 Å². The number of carbonyl (C=O) groups excluding carboxylic acids is 1. The predicted molar refractivity (Wildman–Crippen MR) is 105 cm³/mol. The summed E-state index contributed by atoms with van der Waals surface area (Å²) >= 11 is 0. The van der Waals surface area contributed by atoms with Crippen molar-refractivity contribution < 1.29 is 23.6 Å². The van der Waals surface area contributed by atoms with Crippen molar-refractivity contribution in [3.05, 3.63) is 53.6 Å². The Morgan fingerprint density at radius 2 is 1.59 bits per heavy atom. The highest BCUT2D eigenvalue weighted by Crippen LogP contribution is 2.37. The molecule has 1 aliphatic rings. The molecule has 0 radical (unpaired) electrons. The van der Waals surface area contributed by atoms with Crippen LogP contribution >= 0.6 is 0 Å². The van der Waals surface area contributed by atoms with Gasteiger partial charge in [0.1, 0.15) is 17.1 Å². The molecule has 6 heteroatoms. The Balaban J connectivity index is 1.91. The molecule has 2 aromatic rings. The zero-order valence-electron chi connectivity index (χ0n) is 16.7. The van der Waals surface area contributed by atoms with Gasteiger partial charge in [-0.05, 0) is 63.8 Å². The number of esters is 1. The van der Waals surface area contributed by atoms with E-state index in [9.17, 15) is 4.79 Å². The van der Waals surface area contributed by atoms with Gasteiger partial charge in [0.15, 0.2) is 0 Å². The Morgan fingerprint density at radius 1 is 1.00 bits per heavy atom. The van der Waals surface area contributed by atoms with E-state index in [1.807, 2.05) is 58.9 Å². The van der Waals surface area contributed by atoms with E-state index in [-0.39, 0.29) is 0 Å². The standard InChI is InChI=1S/C21H25BO5/c1-14-12-15(22-26-20(2,3)21(4,5)27-22)13-17(24-6)18(14)19(23)25-16-10-8-7-9-11-16/h7-13H,1-6H3. The van der Waals surface area contributed by atoms with Crippen LogP contribution in [0.3, 0.4) is 0 Å². The summed E-state index contributed by atoms with van der Waals surface area (Å²) in [4.78, 5) is 12.7. The first-order valence-corrected chi connectivity index (χ1v) is 8.96. The van der Waals surface area contributed by atoms with Gasteiger partial charge in [0.2, 0.25) is 0 Å². The third-order valence-electron chi connectivity index (χ3n) is 5.22. The average Bonchev–Trinajstić information content (AvgIpc) is 2.82. The molecule has 1 aliphatic heterocycles. The number of benzene rings is 2. The van der Waals surface area contributed by atoms with Gasteiger partial charge in [0, 0.05) is 0 Å². The fraction of sp³-hybridized carbons (Fsp3) is 0.381. The molecule has 0 atom stereocenters. The van der Waals surface area contributed by atoms with Crippen molar-refractivity contribution in [3.63, 3.8) is 0 Å². The Kier molecular flexibility index (Phi) is 5.06. The van der Waals surface area contributed by atoms with Gasteiger partial charge >= 0.3 is 13.1 Å². The van der Waals surface area contributed by atoms with Crippen molar-refractivity contribution >= 4 is 18.6 Å². The molecule has 1 fully saturated rings. The summed E-state index contributed by atoms with van der Waals surface area (Å²) in [5.41, 5.74) is 1.05. The number of hydrogen-bond donors (Lipinski definition) is 0. The molecule has 0 spiro atoms. The minimum atomic E-state index is -0.526. The summed E-state index contributed by atoms with van der Waals surface area (Å²) in [5.74, 6) is 0.454. The number of methoxy groups -OCH3 is 1. The number of carbonyl (C=O) groups is 1.